The molecular formula is C18H20F2N2OS. The van der Waals surface area contributed by atoms with Crippen molar-refractivity contribution in [2.45, 2.75) is 24.4 Å². The molecular weight excluding hydrogens is 330 g/mol. The first kappa shape index (κ1) is 18.4. The lowest BCUT2D eigenvalue weighted by Gasteiger charge is -2.24. The fraction of sp³-hybridized carbons (Fsp3) is 0.278. The minimum atomic E-state index is -0.613. The summed E-state index contributed by atoms with van der Waals surface area (Å²) < 4.78 is 26.7. The quantitative estimate of drug-likeness (QED) is 0.795. The summed E-state index contributed by atoms with van der Waals surface area (Å²) in [5.41, 5.74) is 1.07. The highest BCUT2D eigenvalue weighted by Crippen LogP contribution is 2.19. The normalized spacial score (nSPS) is 12.2. The molecule has 0 spiro atoms. The predicted octanol–water partition coefficient (Wildman–Crippen LogP) is 4.15. The van der Waals surface area contributed by atoms with Gasteiger partial charge in [0, 0.05) is 28.8 Å². The summed E-state index contributed by atoms with van der Waals surface area (Å²) in [5.74, 6) is -1.40. The third kappa shape index (κ3) is 4.79. The highest BCUT2D eigenvalue weighted by atomic mass is 32.2. The zero-order valence-electron chi connectivity index (χ0n) is 13.8. The average Bonchev–Trinajstić information content (AvgIpc) is 2.56. The molecule has 24 heavy (non-hydrogen) atoms. The molecule has 0 saturated heterocycles. The van der Waals surface area contributed by atoms with Crippen LogP contribution >= 0.6 is 11.8 Å². The number of anilines is 1. The number of carbonyl (C=O) groups is 1. The van der Waals surface area contributed by atoms with Crippen LogP contribution in [0.3, 0.4) is 0 Å². The van der Waals surface area contributed by atoms with E-state index in [4.69, 9.17) is 0 Å². The topological polar surface area (TPSA) is 32.3 Å². The van der Waals surface area contributed by atoms with Gasteiger partial charge >= 0.3 is 0 Å². The number of nitrogens with zero attached hydrogens (tertiary/aromatic N) is 1. The van der Waals surface area contributed by atoms with E-state index in [1.165, 1.54) is 12.1 Å². The van der Waals surface area contributed by atoms with Crippen LogP contribution in [0.25, 0.3) is 0 Å². The van der Waals surface area contributed by atoms with Crippen molar-refractivity contribution in [3.05, 3.63) is 59.7 Å². The van der Waals surface area contributed by atoms with Crippen LogP contribution in [-0.2, 0) is 11.3 Å². The number of hydrogen-bond donors (Lipinski definition) is 1. The van der Waals surface area contributed by atoms with Crippen molar-refractivity contribution in [1.82, 2.24) is 4.90 Å². The molecule has 0 aliphatic heterocycles. The van der Waals surface area contributed by atoms with Crippen LogP contribution in [0.4, 0.5) is 14.5 Å². The summed E-state index contributed by atoms with van der Waals surface area (Å²) in [7, 11) is 1.73. The number of benzene rings is 2. The molecule has 2 aromatic carbocycles. The van der Waals surface area contributed by atoms with Crippen LogP contribution in [0, 0.1) is 11.6 Å². The Morgan fingerprint density at radius 2 is 2.00 bits per heavy atom. The summed E-state index contributed by atoms with van der Waals surface area (Å²) in [4.78, 5) is 15.1. The second kappa shape index (κ2) is 8.26. The zero-order chi connectivity index (χ0) is 17.7. The van der Waals surface area contributed by atoms with E-state index in [1.54, 1.807) is 30.6 Å². The molecule has 0 aliphatic rings. The van der Waals surface area contributed by atoms with Gasteiger partial charge in [-0.2, -0.15) is 0 Å². The fourth-order valence-electron chi connectivity index (χ4n) is 2.20. The van der Waals surface area contributed by atoms with Crippen molar-refractivity contribution in [3.8, 4) is 0 Å². The van der Waals surface area contributed by atoms with Crippen molar-refractivity contribution < 1.29 is 13.6 Å². The van der Waals surface area contributed by atoms with Gasteiger partial charge in [0.05, 0.1) is 6.04 Å². The van der Waals surface area contributed by atoms with Gasteiger partial charge in [0.15, 0.2) is 0 Å². The van der Waals surface area contributed by atoms with Crippen LogP contribution < -0.4 is 5.32 Å². The first-order chi connectivity index (χ1) is 11.4. The van der Waals surface area contributed by atoms with Crippen molar-refractivity contribution in [1.29, 1.82) is 0 Å². The summed E-state index contributed by atoms with van der Waals surface area (Å²) in [6, 6.07) is 10.6. The van der Waals surface area contributed by atoms with Gasteiger partial charge in [-0.1, -0.05) is 12.1 Å². The summed E-state index contributed by atoms with van der Waals surface area (Å²) in [5, 5.41) is 2.86. The van der Waals surface area contributed by atoms with Gasteiger partial charge in [-0.3, -0.25) is 9.69 Å². The van der Waals surface area contributed by atoms with Gasteiger partial charge in [0.2, 0.25) is 5.91 Å². The first-order valence-electron chi connectivity index (χ1n) is 7.50. The van der Waals surface area contributed by atoms with Crippen molar-refractivity contribution >= 4 is 23.4 Å². The Bertz CT molecular complexity index is 724. The number of hydrogen-bond acceptors (Lipinski definition) is 3. The predicted molar refractivity (Wildman–Crippen MR) is 94.1 cm³/mol. The third-order valence-electron chi connectivity index (χ3n) is 3.81. The minimum Gasteiger partial charge on any atom is -0.325 e. The van der Waals surface area contributed by atoms with Crippen LogP contribution in [-0.4, -0.2) is 30.2 Å². The Morgan fingerprint density at radius 1 is 1.25 bits per heavy atom. The smallest absolute Gasteiger partial charge is 0.241 e. The molecule has 0 aliphatic carbocycles. The molecule has 1 N–H and O–H groups in total. The SMILES string of the molecule is CSc1cccc(NC(=O)C(C)N(C)Cc2ccc(F)cc2F)c1. The van der Waals surface area contributed by atoms with Crippen LogP contribution in [0.2, 0.25) is 0 Å². The number of amides is 1. The molecule has 0 aromatic heterocycles. The number of nitrogens with one attached hydrogen (secondary N) is 1. The van der Waals surface area contributed by atoms with E-state index in [0.29, 0.717) is 5.56 Å². The lowest BCUT2D eigenvalue weighted by atomic mass is 10.1. The summed E-state index contributed by atoms with van der Waals surface area (Å²) >= 11 is 1.60. The van der Waals surface area contributed by atoms with Crippen LogP contribution in [0.15, 0.2) is 47.4 Å². The van der Waals surface area contributed by atoms with Crippen LogP contribution in [0.1, 0.15) is 12.5 Å². The zero-order valence-corrected chi connectivity index (χ0v) is 14.7. The maximum Gasteiger partial charge on any atom is 0.241 e. The highest BCUT2D eigenvalue weighted by Gasteiger charge is 2.19. The van der Waals surface area contributed by atoms with Gasteiger partial charge < -0.3 is 5.32 Å². The molecule has 1 atom stereocenters. The number of likely N-dealkylation sites (N-methyl/N-ethyl adjacent to an activating group) is 1. The second-order valence-corrected chi connectivity index (χ2v) is 6.43. The lowest BCUT2D eigenvalue weighted by molar-refractivity contribution is -0.120. The van der Waals surface area contributed by atoms with Gasteiger partial charge in [-0.05, 0) is 44.5 Å². The Hall–Kier alpha value is -1.92. The fourth-order valence-corrected chi connectivity index (χ4v) is 2.66. The van der Waals surface area contributed by atoms with Gasteiger partial charge in [-0.15, -0.1) is 11.8 Å². The molecule has 0 bridgehead atoms. The van der Waals surface area contributed by atoms with Crippen molar-refractivity contribution in [3.63, 3.8) is 0 Å². The first-order valence-corrected chi connectivity index (χ1v) is 8.72. The van der Waals surface area contributed by atoms with Crippen molar-refractivity contribution in [2.24, 2.45) is 0 Å². The molecule has 0 radical (unpaired) electrons. The largest absolute Gasteiger partial charge is 0.325 e. The highest BCUT2D eigenvalue weighted by molar-refractivity contribution is 7.98. The van der Waals surface area contributed by atoms with Gasteiger partial charge in [-0.25, -0.2) is 8.78 Å². The van der Waals surface area contributed by atoms with E-state index in [9.17, 15) is 13.6 Å². The molecule has 128 valence electrons. The molecule has 0 saturated carbocycles. The standard InChI is InChI=1S/C18H20F2N2OS/c1-12(18(23)21-15-5-4-6-16(10-15)24-3)22(2)11-13-7-8-14(19)9-17(13)20/h4-10,12H,11H2,1-3H3,(H,21,23). The molecule has 0 heterocycles. The molecule has 6 heteroatoms. The van der Waals surface area contributed by atoms with Gasteiger partial charge in [0.1, 0.15) is 11.6 Å². The van der Waals surface area contributed by atoms with E-state index < -0.39 is 17.7 Å². The van der Waals surface area contributed by atoms with E-state index in [1.807, 2.05) is 30.5 Å². The summed E-state index contributed by atoms with van der Waals surface area (Å²) in [6.07, 6.45) is 1.97. The maximum atomic E-state index is 13.7. The lowest BCUT2D eigenvalue weighted by Crippen LogP contribution is -2.39. The molecule has 1 amide bonds. The average molecular weight is 350 g/mol. The van der Waals surface area contributed by atoms with E-state index in [0.717, 1.165) is 16.6 Å². The second-order valence-electron chi connectivity index (χ2n) is 5.55. The molecule has 2 aromatic rings. The minimum absolute atomic E-state index is 0.182. The summed E-state index contributed by atoms with van der Waals surface area (Å²) in [6.45, 7) is 1.96. The molecule has 2 rings (SSSR count). The Kier molecular flexibility index (Phi) is 6.34. The van der Waals surface area contributed by atoms with E-state index in [-0.39, 0.29) is 12.5 Å². The molecule has 0 fully saturated rings. The van der Waals surface area contributed by atoms with E-state index >= 15 is 0 Å². The monoisotopic (exact) mass is 350 g/mol. The molecule has 1 unspecified atom stereocenters. The number of rotatable bonds is 6. The van der Waals surface area contributed by atoms with Crippen LogP contribution in [0.5, 0.6) is 0 Å². The Balaban J connectivity index is 2.01. The Morgan fingerprint density at radius 3 is 2.67 bits per heavy atom. The number of carbonyl (C=O) groups excluding carboxylic acids is 1. The maximum absolute atomic E-state index is 13.7. The third-order valence-corrected chi connectivity index (χ3v) is 4.54. The number of thioether (sulfide) groups is 1. The van der Waals surface area contributed by atoms with E-state index in [2.05, 4.69) is 5.32 Å². The van der Waals surface area contributed by atoms with Gasteiger partial charge in [0.25, 0.3) is 0 Å². The van der Waals surface area contributed by atoms with Crippen molar-refractivity contribution in [2.75, 3.05) is 18.6 Å². The molecule has 3 nitrogen and oxygen atoms in total. The Labute approximate surface area is 145 Å². The number of halogens is 2.